The molecule has 3 aromatic rings. The molecule has 1 unspecified atom stereocenters. The first kappa shape index (κ1) is 31.2. The lowest BCUT2D eigenvalue weighted by atomic mass is 9.93. The number of hydrogen-bond acceptors (Lipinski definition) is 3. The molecule has 2 atom stereocenters. The topological polar surface area (TPSA) is 41.5 Å². The van der Waals surface area contributed by atoms with Crippen LogP contribution in [-0.2, 0) is 5.92 Å². The van der Waals surface area contributed by atoms with E-state index in [4.69, 9.17) is 4.74 Å². The third kappa shape index (κ3) is 6.87. The second-order valence-electron chi connectivity index (χ2n) is 9.17. The van der Waals surface area contributed by atoms with Crippen LogP contribution in [0, 0.1) is 13.8 Å². The van der Waals surface area contributed by atoms with Gasteiger partial charge in [-0.3, -0.25) is 0 Å². The van der Waals surface area contributed by atoms with Crippen LogP contribution in [0.4, 0.5) is 43.9 Å². The average Bonchev–Trinajstić information content (AvgIpc) is 2.82. The van der Waals surface area contributed by atoms with E-state index < -0.39 is 48.5 Å². The standard InChI is InChI=1S/C27H23F10NO2/c1-15-9-16(2)11-21(10-15)40-20-8-4-6-18(13-20)23(38-14-22(39)25(30,31)32)17-5-3-7-19(12-17)24(28,29)26(33,34)27(35,36)37/h3-13,22-23,38-39H,14H2,1-2H3/t22-,23?/m1/s1. The van der Waals surface area contributed by atoms with Crippen LogP contribution in [0.25, 0.3) is 0 Å². The number of ether oxygens (including phenoxy) is 1. The number of hydrogen-bond donors (Lipinski definition) is 2. The highest BCUT2D eigenvalue weighted by atomic mass is 19.4. The molecule has 0 aliphatic heterocycles. The summed E-state index contributed by atoms with van der Waals surface area (Å²) in [5.41, 5.74) is -0.272. The molecule has 0 bridgehead atoms. The van der Waals surface area contributed by atoms with Crippen molar-refractivity contribution in [1.82, 2.24) is 5.32 Å². The van der Waals surface area contributed by atoms with E-state index in [1.165, 1.54) is 24.3 Å². The summed E-state index contributed by atoms with van der Waals surface area (Å²) in [5, 5.41) is 11.8. The Morgan fingerprint density at radius 2 is 1.27 bits per heavy atom. The minimum Gasteiger partial charge on any atom is -0.457 e. The fraction of sp³-hybridized carbons (Fsp3) is 0.333. The Bertz CT molecular complexity index is 1300. The van der Waals surface area contributed by atoms with Crippen molar-refractivity contribution in [2.45, 2.75) is 50.2 Å². The van der Waals surface area contributed by atoms with E-state index in [2.05, 4.69) is 5.32 Å². The van der Waals surface area contributed by atoms with Gasteiger partial charge in [0, 0.05) is 12.1 Å². The lowest BCUT2D eigenvalue weighted by Crippen LogP contribution is -2.50. The Morgan fingerprint density at radius 1 is 0.725 bits per heavy atom. The molecular formula is C27H23F10NO2. The van der Waals surface area contributed by atoms with E-state index in [1.807, 2.05) is 19.9 Å². The van der Waals surface area contributed by atoms with Crippen molar-refractivity contribution in [1.29, 1.82) is 0 Å². The normalized spacial score (nSPS) is 14.6. The molecule has 3 aromatic carbocycles. The van der Waals surface area contributed by atoms with Gasteiger partial charge in [-0.25, -0.2) is 0 Å². The molecular weight excluding hydrogens is 560 g/mol. The largest absolute Gasteiger partial charge is 0.460 e. The second-order valence-corrected chi connectivity index (χ2v) is 9.17. The number of aryl methyl sites for hydroxylation is 2. The number of benzene rings is 3. The number of nitrogens with one attached hydrogen (secondary N) is 1. The van der Waals surface area contributed by atoms with E-state index in [9.17, 15) is 49.0 Å². The van der Waals surface area contributed by atoms with E-state index in [-0.39, 0.29) is 16.9 Å². The molecule has 40 heavy (non-hydrogen) atoms. The maximum Gasteiger partial charge on any atom is 0.460 e. The monoisotopic (exact) mass is 583 g/mol. The van der Waals surface area contributed by atoms with Crippen molar-refractivity contribution in [3.8, 4) is 11.5 Å². The molecule has 0 fully saturated rings. The zero-order valence-electron chi connectivity index (χ0n) is 20.8. The van der Waals surface area contributed by atoms with Gasteiger partial charge in [0.25, 0.3) is 0 Å². The summed E-state index contributed by atoms with van der Waals surface area (Å²) < 4.78 is 139. The molecule has 0 saturated carbocycles. The number of rotatable bonds is 9. The van der Waals surface area contributed by atoms with Crippen molar-refractivity contribution in [2.75, 3.05) is 6.54 Å². The molecule has 2 N–H and O–H groups in total. The van der Waals surface area contributed by atoms with Gasteiger partial charge in [-0.05, 0) is 66.4 Å². The zero-order valence-corrected chi connectivity index (χ0v) is 20.8. The van der Waals surface area contributed by atoms with Gasteiger partial charge in [0.15, 0.2) is 6.10 Å². The first-order chi connectivity index (χ1) is 18.3. The van der Waals surface area contributed by atoms with Crippen LogP contribution in [0.15, 0.2) is 66.7 Å². The number of aliphatic hydroxyl groups excluding tert-OH is 1. The molecule has 0 amide bonds. The Kier molecular flexibility index (Phi) is 8.80. The molecule has 13 heteroatoms. The third-order valence-corrected chi connectivity index (χ3v) is 5.85. The maximum absolute atomic E-state index is 14.4. The molecule has 0 radical (unpaired) electrons. The van der Waals surface area contributed by atoms with Gasteiger partial charge in [0.1, 0.15) is 11.5 Å². The highest BCUT2D eigenvalue weighted by molar-refractivity contribution is 5.42. The van der Waals surface area contributed by atoms with Crippen molar-refractivity contribution in [3.63, 3.8) is 0 Å². The summed E-state index contributed by atoms with van der Waals surface area (Å²) in [5.74, 6) is -11.6. The van der Waals surface area contributed by atoms with Crippen LogP contribution in [0.1, 0.15) is 33.9 Å². The van der Waals surface area contributed by atoms with Gasteiger partial charge in [-0.1, -0.05) is 36.4 Å². The summed E-state index contributed by atoms with van der Waals surface area (Å²) in [4.78, 5) is 0. The molecule has 0 aliphatic carbocycles. The van der Waals surface area contributed by atoms with Crippen LogP contribution in [-0.4, -0.2) is 36.0 Å². The molecule has 0 aromatic heterocycles. The van der Waals surface area contributed by atoms with E-state index in [0.29, 0.717) is 17.9 Å². The first-order valence-electron chi connectivity index (χ1n) is 11.6. The smallest absolute Gasteiger partial charge is 0.457 e. The summed E-state index contributed by atoms with van der Waals surface area (Å²) in [6.07, 6.45) is -14.5. The molecule has 0 aliphatic rings. The summed E-state index contributed by atoms with van der Waals surface area (Å²) >= 11 is 0. The van der Waals surface area contributed by atoms with Gasteiger partial charge in [0.05, 0.1) is 6.04 Å². The predicted molar refractivity (Wildman–Crippen MR) is 126 cm³/mol. The highest BCUT2D eigenvalue weighted by Gasteiger charge is 2.73. The minimum atomic E-state index is -6.58. The molecule has 3 nitrogen and oxygen atoms in total. The zero-order chi connectivity index (χ0) is 30.1. The Morgan fingerprint density at radius 3 is 1.82 bits per heavy atom. The summed E-state index contributed by atoms with van der Waals surface area (Å²) in [6.45, 7) is 2.47. The van der Waals surface area contributed by atoms with Crippen LogP contribution in [0.3, 0.4) is 0 Å². The van der Waals surface area contributed by atoms with Crippen LogP contribution in [0.2, 0.25) is 0 Å². The summed E-state index contributed by atoms with van der Waals surface area (Å²) in [7, 11) is 0. The Labute approximate surface area is 222 Å². The van der Waals surface area contributed by atoms with E-state index in [1.54, 1.807) is 12.1 Å². The van der Waals surface area contributed by atoms with Crippen LogP contribution in [0.5, 0.6) is 11.5 Å². The fourth-order valence-electron chi connectivity index (χ4n) is 3.93. The second kappa shape index (κ2) is 11.3. The Hall–Kier alpha value is -3.32. The third-order valence-electron chi connectivity index (χ3n) is 5.85. The Balaban J connectivity index is 2.05. The molecule has 0 spiro atoms. The quantitative estimate of drug-likeness (QED) is 0.251. The lowest BCUT2D eigenvalue weighted by molar-refractivity contribution is -0.359. The highest BCUT2D eigenvalue weighted by Crippen LogP contribution is 2.52. The first-order valence-corrected chi connectivity index (χ1v) is 11.6. The van der Waals surface area contributed by atoms with Crippen LogP contribution >= 0.6 is 0 Å². The average molecular weight is 583 g/mol. The van der Waals surface area contributed by atoms with Gasteiger partial charge >= 0.3 is 24.2 Å². The van der Waals surface area contributed by atoms with Crippen molar-refractivity contribution < 1.29 is 53.7 Å². The number of alkyl halides is 10. The summed E-state index contributed by atoms with van der Waals surface area (Å²) in [6, 6.07) is 11.9. The van der Waals surface area contributed by atoms with Crippen molar-refractivity contribution >= 4 is 0 Å². The molecule has 218 valence electrons. The van der Waals surface area contributed by atoms with Crippen LogP contribution < -0.4 is 10.1 Å². The van der Waals surface area contributed by atoms with E-state index >= 15 is 0 Å². The molecule has 3 rings (SSSR count). The molecule has 0 heterocycles. The fourth-order valence-corrected chi connectivity index (χ4v) is 3.93. The lowest BCUT2D eigenvalue weighted by Gasteiger charge is -2.29. The van der Waals surface area contributed by atoms with Gasteiger partial charge < -0.3 is 15.2 Å². The van der Waals surface area contributed by atoms with Gasteiger partial charge in [-0.2, -0.15) is 43.9 Å². The minimum absolute atomic E-state index is 0.0827. The maximum atomic E-state index is 14.4. The van der Waals surface area contributed by atoms with Crippen molar-refractivity contribution in [3.05, 3.63) is 94.5 Å². The van der Waals surface area contributed by atoms with Gasteiger partial charge in [-0.15, -0.1) is 0 Å². The number of aliphatic hydroxyl groups is 1. The number of halogens is 10. The van der Waals surface area contributed by atoms with Gasteiger partial charge in [0.2, 0.25) is 0 Å². The SMILES string of the molecule is Cc1cc(C)cc(Oc2cccc(C(NC[C@@H](O)C(F)(F)F)c3cccc(C(F)(F)C(F)(F)C(F)(F)F)c3)c2)c1. The predicted octanol–water partition coefficient (Wildman–Crippen LogP) is 7.99. The molecule has 0 saturated heterocycles. The van der Waals surface area contributed by atoms with E-state index in [0.717, 1.165) is 23.3 Å². The van der Waals surface area contributed by atoms with Crippen molar-refractivity contribution in [2.24, 2.45) is 0 Å².